The van der Waals surface area contributed by atoms with E-state index in [0.717, 1.165) is 25.7 Å². The highest BCUT2D eigenvalue weighted by atomic mass is 16.3. The Bertz CT molecular complexity index is 269. The van der Waals surface area contributed by atoms with Gasteiger partial charge in [0.05, 0.1) is 12.6 Å². The van der Waals surface area contributed by atoms with Crippen LogP contribution in [0.3, 0.4) is 0 Å². The number of aliphatic hydroxyl groups is 1. The molecule has 1 aliphatic rings. The molecule has 4 heteroatoms. The van der Waals surface area contributed by atoms with Crippen LogP contribution in [0.1, 0.15) is 46.5 Å². The summed E-state index contributed by atoms with van der Waals surface area (Å²) >= 11 is 0. The second-order valence-electron chi connectivity index (χ2n) is 6.08. The highest BCUT2D eigenvalue weighted by Crippen LogP contribution is 2.29. The molecule has 0 spiro atoms. The van der Waals surface area contributed by atoms with Gasteiger partial charge in [0.1, 0.15) is 0 Å². The van der Waals surface area contributed by atoms with Gasteiger partial charge in [0.15, 0.2) is 0 Å². The van der Waals surface area contributed by atoms with E-state index >= 15 is 0 Å². The molecule has 1 fully saturated rings. The van der Waals surface area contributed by atoms with Gasteiger partial charge in [0.25, 0.3) is 0 Å². The Morgan fingerprint density at radius 1 is 1.44 bits per heavy atom. The third-order valence-corrected chi connectivity index (χ3v) is 4.02. The van der Waals surface area contributed by atoms with Gasteiger partial charge in [-0.25, -0.2) is 0 Å². The van der Waals surface area contributed by atoms with Gasteiger partial charge in [-0.1, -0.05) is 27.2 Å². The summed E-state index contributed by atoms with van der Waals surface area (Å²) in [6.45, 7) is 6.25. The molecule has 0 aromatic rings. The number of rotatable bonds is 5. The third-order valence-electron chi connectivity index (χ3n) is 4.02. The summed E-state index contributed by atoms with van der Waals surface area (Å²) in [6, 6.07) is 0.00928. The summed E-state index contributed by atoms with van der Waals surface area (Å²) in [4.78, 5) is 12.2. The maximum absolute atomic E-state index is 12.2. The lowest BCUT2D eigenvalue weighted by atomic mass is 9.76. The lowest BCUT2D eigenvalue weighted by Gasteiger charge is -2.34. The van der Waals surface area contributed by atoms with Crippen molar-refractivity contribution in [1.29, 1.82) is 0 Å². The first kappa shape index (κ1) is 15.4. The summed E-state index contributed by atoms with van der Waals surface area (Å²) in [5.74, 6) is 0.776. The van der Waals surface area contributed by atoms with Crippen molar-refractivity contribution in [1.82, 2.24) is 5.32 Å². The van der Waals surface area contributed by atoms with E-state index in [-0.39, 0.29) is 36.4 Å². The van der Waals surface area contributed by atoms with E-state index in [1.54, 1.807) is 0 Å². The molecule has 1 amide bonds. The number of carbonyl (C=O) groups excluding carboxylic acids is 1. The van der Waals surface area contributed by atoms with Gasteiger partial charge in [-0.05, 0) is 31.1 Å². The minimum Gasteiger partial charge on any atom is -0.394 e. The van der Waals surface area contributed by atoms with Crippen molar-refractivity contribution in [2.45, 2.75) is 58.5 Å². The summed E-state index contributed by atoms with van der Waals surface area (Å²) in [7, 11) is 0. The maximum atomic E-state index is 12.2. The Morgan fingerprint density at radius 3 is 2.67 bits per heavy atom. The van der Waals surface area contributed by atoms with Gasteiger partial charge in [-0.3, -0.25) is 4.79 Å². The zero-order valence-corrected chi connectivity index (χ0v) is 11.9. The first-order valence-electron chi connectivity index (χ1n) is 7.12. The lowest BCUT2D eigenvalue weighted by molar-refractivity contribution is -0.129. The average molecular weight is 256 g/mol. The quantitative estimate of drug-likeness (QED) is 0.693. The second kappa shape index (κ2) is 7.10. The normalized spacial score (nSPS) is 30.2. The molecule has 0 heterocycles. The molecule has 4 unspecified atom stereocenters. The van der Waals surface area contributed by atoms with Crippen LogP contribution in [0, 0.1) is 17.8 Å². The number of nitrogens with two attached hydrogens (primary N) is 1. The first-order valence-corrected chi connectivity index (χ1v) is 7.12. The number of aliphatic hydroxyl groups excluding tert-OH is 1. The number of hydrogen-bond acceptors (Lipinski definition) is 3. The molecule has 4 nitrogen and oxygen atoms in total. The fourth-order valence-corrected chi connectivity index (χ4v) is 2.82. The zero-order valence-electron chi connectivity index (χ0n) is 11.9. The summed E-state index contributed by atoms with van der Waals surface area (Å²) in [5.41, 5.74) is 6.02. The van der Waals surface area contributed by atoms with Crippen LogP contribution >= 0.6 is 0 Å². The number of amides is 1. The van der Waals surface area contributed by atoms with Gasteiger partial charge < -0.3 is 16.2 Å². The minimum atomic E-state index is -0.122. The minimum absolute atomic E-state index is 0.00922. The van der Waals surface area contributed by atoms with Gasteiger partial charge in [-0.15, -0.1) is 0 Å². The second-order valence-corrected chi connectivity index (χ2v) is 6.08. The largest absolute Gasteiger partial charge is 0.394 e. The number of carbonyl (C=O) groups is 1. The molecule has 1 saturated carbocycles. The van der Waals surface area contributed by atoms with Crippen LogP contribution in [0.25, 0.3) is 0 Å². The predicted octanol–water partition coefficient (Wildman–Crippen LogP) is 1.27. The van der Waals surface area contributed by atoms with Crippen molar-refractivity contribution in [2.75, 3.05) is 6.61 Å². The Hall–Kier alpha value is -0.610. The Morgan fingerprint density at radius 2 is 2.11 bits per heavy atom. The fourth-order valence-electron chi connectivity index (χ4n) is 2.82. The standard InChI is InChI=1S/C14H28N2O2/c1-9(2)7-11(8-17)16-14(18)12-5-4-6-13(15)10(12)3/h9-13,17H,4-8,15H2,1-3H3,(H,16,18). The molecule has 0 saturated heterocycles. The van der Waals surface area contributed by atoms with Crippen molar-refractivity contribution < 1.29 is 9.90 Å². The Kier molecular flexibility index (Phi) is 6.09. The monoisotopic (exact) mass is 256 g/mol. The summed E-state index contributed by atoms with van der Waals surface area (Å²) < 4.78 is 0. The zero-order chi connectivity index (χ0) is 13.7. The summed E-state index contributed by atoms with van der Waals surface area (Å²) in [6.07, 6.45) is 3.77. The molecule has 0 aliphatic heterocycles. The molecule has 0 radical (unpaired) electrons. The molecule has 4 N–H and O–H groups in total. The van der Waals surface area contributed by atoms with Crippen LogP contribution in [0.2, 0.25) is 0 Å². The van der Waals surface area contributed by atoms with Gasteiger partial charge >= 0.3 is 0 Å². The van der Waals surface area contributed by atoms with E-state index in [9.17, 15) is 9.90 Å². The van der Waals surface area contributed by atoms with Crippen LogP contribution < -0.4 is 11.1 Å². The molecular weight excluding hydrogens is 228 g/mol. The first-order chi connectivity index (χ1) is 8.45. The van der Waals surface area contributed by atoms with Crippen molar-refractivity contribution in [3.8, 4) is 0 Å². The van der Waals surface area contributed by atoms with Crippen LogP contribution in [0.5, 0.6) is 0 Å². The molecule has 106 valence electrons. The Labute approximate surface area is 110 Å². The highest BCUT2D eigenvalue weighted by Gasteiger charge is 2.33. The van der Waals surface area contributed by atoms with E-state index in [2.05, 4.69) is 26.1 Å². The van der Waals surface area contributed by atoms with Crippen LogP contribution in [-0.2, 0) is 4.79 Å². The molecule has 0 bridgehead atoms. The van der Waals surface area contributed by atoms with E-state index in [4.69, 9.17) is 5.73 Å². The van der Waals surface area contributed by atoms with E-state index < -0.39 is 0 Å². The summed E-state index contributed by atoms with van der Waals surface area (Å²) in [5, 5.41) is 12.3. The van der Waals surface area contributed by atoms with Gasteiger partial charge in [-0.2, -0.15) is 0 Å². The van der Waals surface area contributed by atoms with Crippen molar-refractivity contribution in [3.63, 3.8) is 0 Å². The molecule has 18 heavy (non-hydrogen) atoms. The van der Waals surface area contributed by atoms with E-state index in [1.807, 2.05) is 0 Å². The Balaban J connectivity index is 2.52. The van der Waals surface area contributed by atoms with Crippen molar-refractivity contribution in [2.24, 2.45) is 23.5 Å². The molecule has 0 aromatic heterocycles. The number of hydrogen-bond donors (Lipinski definition) is 3. The van der Waals surface area contributed by atoms with E-state index in [0.29, 0.717) is 5.92 Å². The molecule has 4 atom stereocenters. The number of nitrogens with one attached hydrogen (secondary N) is 1. The van der Waals surface area contributed by atoms with Crippen LogP contribution in [0.4, 0.5) is 0 Å². The highest BCUT2D eigenvalue weighted by molar-refractivity contribution is 5.79. The average Bonchev–Trinajstić information content (AvgIpc) is 2.31. The third kappa shape index (κ3) is 4.25. The van der Waals surface area contributed by atoms with Crippen molar-refractivity contribution in [3.05, 3.63) is 0 Å². The molecule has 1 aliphatic carbocycles. The fraction of sp³-hybridized carbons (Fsp3) is 0.929. The molecular formula is C14H28N2O2. The van der Waals surface area contributed by atoms with E-state index in [1.165, 1.54) is 0 Å². The maximum Gasteiger partial charge on any atom is 0.223 e. The topological polar surface area (TPSA) is 75.3 Å². The lowest BCUT2D eigenvalue weighted by Crippen LogP contribution is -2.48. The van der Waals surface area contributed by atoms with Crippen LogP contribution in [0.15, 0.2) is 0 Å². The predicted molar refractivity (Wildman–Crippen MR) is 73.0 cm³/mol. The SMILES string of the molecule is CC(C)CC(CO)NC(=O)C1CCCC(N)C1C. The molecule has 1 rings (SSSR count). The van der Waals surface area contributed by atoms with Gasteiger partial charge in [0, 0.05) is 12.0 Å². The van der Waals surface area contributed by atoms with Crippen molar-refractivity contribution >= 4 is 5.91 Å². The smallest absolute Gasteiger partial charge is 0.223 e. The van der Waals surface area contributed by atoms with Gasteiger partial charge in [0.2, 0.25) is 5.91 Å². The molecule has 0 aromatic carbocycles. The van der Waals surface area contributed by atoms with Crippen LogP contribution in [-0.4, -0.2) is 29.7 Å².